The topological polar surface area (TPSA) is 57.7 Å². The van der Waals surface area contributed by atoms with Crippen LogP contribution in [-0.2, 0) is 16.6 Å². The van der Waals surface area contributed by atoms with Crippen molar-refractivity contribution in [3.63, 3.8) is 0 Å². The Morgan fingerprint density at radius 2 is 1.68 bits per heavy atom. The molecule has 0 aliphatic heterocycles. The maximum Gasteiger partial charge on any atom is 0.254 e. The monoisotopic (exact) mass is 360 g/mol. The van der Waals surface area contributed by atoms with Gasteiger partial charge >= 0.3 is 0 Å². The minimum Gasteiger partial charge on any atom is -0.335 e. The maximum absolute atomic E-state index is 12.9. The van der Waals surface area contributed by atoms with Gasteiger partial charge in [-0.1, -0.05) is 36.4 Å². The van der Waals surface area contributed by atoms with Crippen molar-refractivity contribution in [2.45, 2.75) is 25.3 Å². The third-order valence-corrected chi connectivity index (χ3v) is 6.04. The van der Waals surface area contributed by atoms with Gasteiger partial charge in [0.15, 0.2) is 0 Å². The Labute approximate surface area is 149 Å². The van der Waals surface area contributed by atoms with Gasteiger partial charge in [0.25, 0.3) is 5.91 Å². The van der Waals surface area contributed by atoms with Gasteiger partial charge in [-0.05, 0) is 37.1 Å². The number of sulfonamides is 1. The molecule has 0 heterocycles. The predicted molar refractivity (Wildman–Crippen MR) is 98.9 cm³/mol. The Morgan fingerprint density at radius 3 is 2.24 bits per heavy atom. The number of aryl methyl sites for hydroxylation is 1. The van der Waals surface area contributed by atoms with Gasteiger partial charge in [-0.3, -0.25) is 4.79 Å². The molecule has 0 saturated carbocycles. The molecule has 0 fully saturated rings. The molecule has 0 aliphatic rings. The number of benzene rings is 2. The number of rotatable bonds is 6. The molecule has 2 aromatic rings. The summed E-state index contributed by atoms with van der Waals surface area (Å²) in [4.78, 5) is 14.7. The Kier molecular flexibility index (Phi) is 5.98. The van der Waals surface area contributed by atoms with Crippen LogP contribution in [0.15, 0.2) is 53.4 Å². The molecule has 25 heavy (non-hydrogen) atoms. The summed E-state index contributed by atoms with van der Waals surface area (Å²) in [5.41, 5.74) is 2.03. The lowest BCUT2D eigenvalue weighted by Crippen LogP contribution is -2.31. The standard InChI is InChI=1S/C19H24N2O3S/c1-5-21(14-16-9-7-6-8-10-16)19(22)17-12-11-15(2)18(13-17)25(23,24)20(3)4/h6-13H,5,14H2,1-4H3. The highest BCUT2D eigenvalue weighted by Gasteiger charge is 2.23. The SMILES string of the molecule is CCN(Cc1ccccc1)C(=O)c1ccc(C)c(S(=O)(=O)N(C)C)c1. The number of carbonyl (C=O) groups is 1. The van der Waals surface area contributed by atoms with Crippen LogP contribution in [0.3, 0.4) is 0 Å². The molecule has 0 radical (unpaired) electrons. The second-order valence-corrected chi connectivity index (χ2v) is 8.19. The highest BCUT2D eigenvalue weighted by atomic mass is 32.2. The lowest BCUT2D eigenvalue weighted by Gasteiger charge is -2.22. The summed E-state index contributed by atoms with van der Waals surface area (Å²) in [6.07, 6.45) is 0. The van der Waals surface area contributed by atoms with Crippen molar-refractivity contribution in [3.05, 3.63) is 65.2 Å². The molecule has 2 rings (SSSR count). The van der Waals surface area contributed by atoms with Gasteiger partial charge in [0.1, 0.15) is 0 Å². The van der Waals surface area contributed by atoms with Crippen LogP contribution in [0.5, 0.6) is 0 Å². The van der Waals surface area contributed by atoms with Crippen LogP contribution in [0.2, 0.25) is 0 Å². The molecule has 0 saturated heterocycles. The summed E-state index contributed by atoms with van der Waals surface area (Å²) in [7, 11) is -0.626. The zero-order valence-corrected chi connectivity index (χ0v) is 15.9. The van der Waals surface area contributed by atoms with Crippen molar-refractivity contribution >= 4 is 15.9 Å². The summed E-state index contributed by atoms with van der Waals surface area (Å²) in [5.74, 6) is -0.179. The molecular formula is C19H24N2O3S. The number of amides is 1. The molecule has 0 bridgehead atoms. The predicted octanol–water partition coefficient (Wildman–Crippen LogP) is 2.91. The Balaban J connectivity index is 2.35. The first-order valence-electron chi connectivity index (χ1n) is 8.13. The molecule has 0 N–H and O–H groups in total. The van der Waals surface area contributed by atoms with Crippen LogP contribution in [0.4, 0.5) is 0 Å². The van der Waals surface area contributed by atoms with Crippen LogP contribution in [0.25, 0.3) is 0 Å². The van der Waals surface area contributed by atoms with E-state index in [2.05, 4.69) is 0 Å². The van der Waals surface area contributed by atoms with Crippen molar-refractivity contribution in [2.24, 2.45) is 0 Å². The molecule has 0 aromatic heterocycles. The fourth-order valence-corrected chi connectivity index (χ4v) is 3.67. The summed E-state index contributed by atoms with van der Waals surface area (Å²) in [5, 5.41) is 0. The molecule has 0 spiro atoms. The van der Waals surface area contributed by atoms with Crippen LogP contribution in [0, 0.1) is 6.92 Å². The molecule has 6 heteroatoms. The number of nitrogens with zero attached hydrogens (tertiary/aromatic N) is 2. The van der Waals surface area contributed by atoms with Crippen molar-refractivity contribution in [1.82, 2.24) is 9.21 Å². The Bertz CT molecular complexity index is 846. The highest BCUT2D eigenvalue weighted by molar-refractivity contribution is 7.89. The minimum absolute atomic E-state index is 0.166. The average Bonchev–Trinajstić information content (AvgIpc) is 2.60. The third kappa shape index (κ3) is 4.27. The zero-order chi connectivity index (χ0) is 18.6. The lowest BCUT2D eigenvalue weighted by atomic mass is 10.1. The van der Waals surface area contributed by atoms with Gasteiger partial charge in [0.2, 0.25) is 10.0 Å². The second-order valence-electron chi connectivity index (χ2n) is 6.07. The Morgan fingerprint density at radius 1 is 1.04 bits per heavy atom. The summed E-state index contributed by atoms with van der Waals surface area (Å²) < 4.78 is 26.1. The van der Waals surface area contributed by atoms with E-state index in [0.717, 1.165) is 9.87 Å². The van der Waals surface area contributed by atoms with Crippen molar-refractivity contribution in [2.75, 3.05) is 20.6 Å². The molecule has 5 nitrogen and oxygen atoms in total. The molecule has 1 amide bonds. The van der Waals surface area contributed by atoms with Gasteiger partial charge in [0.05, 0.1) is 4.90 Å². The van der Waals surface area contributed by atoms with Crippen molar-refractivity contribution in [3.8, 4) is 0 Å². The van der Waals surface area contributed by atoms with Gasteiger partial charge in [0, 0.05) is 32.7 Å². The van der Waals surface area contributed by atoms with Gasteiger partial charge in [-0.15, -0.1) is 0 Å². The minimum atomic E-state index is -3.59. The van der Waals surface area contributed by atoms with E-state index in [4.69, 9.17) is 0 Å². The van der Waals surface area contributed by atoms with Gasteiger partial charge in [-0.2, -0.15) is 0 Å². The summed E-state index contributed by atoms with van der Waals surface area (Å²) >= 11 is 0. The van der Waals surface area contributed by atoms with E-state index in [-0.39, 0.29) is 10.8 Å². The summed E-state index contributed by atoms with van der Waals surface area (Å²) in [6, 6.07) is 14.6. The largest absolute Gasteiger partial charge is 0.335 e. The molecule has 0 aliphatic carbocycles. The lowest BCUT2D eigenvalue weighted by molar-refractivity contribution is 0.0752. The first-order valence-corrected chi connectivity index (χ1v) is 9.57. The van der Waals surface area contributed by atoms with Crippen LogP contribution < -0.4 is 0 Å². The smallest absolute Gasteiger partial charge is 0.254 e. The first kappa shape index (κ1) is 19.1. The fraction of sp³-hybridized carbons (Fsp3) is 0.316. The summed E-state index contributed by atoms with van der Waals surface area (Å²) in [6.45, 7) is 4.66. The molecular weight excluding hydrogens is 336 g/mol. The van der Waals surface area contributed by atoms with Gasteiger partial charge in [-0.25, -0.2) is 12.7 Å². The van der Waals surface area contributed by atoms with Crippen LogP contribution in [0.1, 0.15) is 28.4 Å². The van der Waals surface area contributed by atoms with Crippen LogP contribution in [-0.4, -0.2) is 44.2 Å². The van der Waals surface area contributed by atoms with Crippen molar-refractivity contribution < 1.29 is 13.2 Å². The molecule has 2 aromatic carbocycles. The number of hydrogen-bond donors (Lipinski definition) is 0. The first-order chi connectivity index (χ1) is 11.8. The Hall–Kier alpha value is -2.18. The van der Waals surface area contributed by atoms with Crippen molar-refractivity contribution in [1.29, 1.82) is 0 Å². The van der Waals surface area contributed by atoms with Gasteiger partial charge < -0.3 is 4.90 Å². The third-order valence-electron chi connectivity index (χ3n) is 4.08. The number of hydrogen-bond acceptors (Lipinski definition) is 3. The maximum atomic E-state index is 12.9. The van der Waals surface area contributed by atoms with E-state index >= 15 is 0 Å². The van der Waals surface area contributed by atoms with E-state index in [0.29, 0.717) is 24.2 Å². The van der Waals surface area contributed by atoms with E-state index in [9.17, 15) is 13.2 Å². The van der Waals surface area contributed by atoms with E-state index in [1.54, 1.807) is 24.0 Å². The second kappa shape index (κ2) is 7.80. The normalized spacial score (nSPS) is 11.6. The number of carbonyl (C=O) groups excluding carboxylic acids is 1. The quantitative estimate of drug-likeness (QED) is 0.796. The average molecular weight is 360 g/mol. The van der Waals surface area contributed by atoms with E-state index in [1.807, 2.05) is 37.3 Å². The zero-order valence-electron chi connectivity index (χ0n) is 15.1. The van der Waals surface area contributed by atoms with E-state index in [1.165, 1.54) is 20.2 Å². The fourth-order valence-electron chi connectivity index (χ4n) is 2.52. The van der Waals surface area contributed by atoms with Crippen LogP contribution >= 0.6 is 0 Å². The van der Waals surface area contributed by atoms with E-state index < -0.39 is 10.0 Å². The molecule has 0 unspecified atom stereocenters. The highest BCUT2D eigenvalue weighted by Crippen LogP contribution is 2.21. The molecule has 134 valence electrons. The molecule has 0 atom stereocenters.